The van der Waals surface area contributed by atoms with Crippen LogP contribution in [0, 0.1) is 5.82 Å². The van der Waals surface area contributed by atoms with Gasteiger partial charge in [-0.1, -0.05) is 30.3 Å². The van der Waals surface area contributed by atoms with E-state index in [9.17, 15) is 4.39 Å². The Morgan fingerprint density at radius 1 is 1.00 bits per heavy atom. The van der Waals surface area contributed by atoms with Crippen LogP contribution in [0.4, 0.5) is 4.39 Å². The first-order valence-corrected chi connectivity index (χ1v) is 6.72. The van der Waals surface area contributed by atoms with Crippen molar-refractivity contribution in [3.05, 3.63) is 66.7 Å². The molecular formula is C17H15FNO2+. The predicted molar refractivity (Wildman–Crippen MR) is 78.1 cm³/mol. The molecule has 0 bridgehead atoms. The summed E-state index contributed by atoms with van der Waals surface area (Å²) in [4.78, 5) is 4.15. The molecule has 1 aromatic heterocycles. The van der Waals surface area contributed by atoms with Gasteiger partial charge in [0.2, 0.25) is 0 Å². The first-order valence-electron chi connectivity index (χ1n) is 6.72. The Balaban J connectivity index is 2.16. The SMILES string of the molecule is OOCC[n+]1cc(-c2ccc(F)cc2)c2ccccc2c1. The molecule has 21 heavy (non-hydrogen) atoms. The minimum Gasteiger partial charge on any atom is -0.252 e. The summed E-state index contributed by atoms with van der Waals surface area (Å²) in [5.41, 5.74) is 1.97. The fourth-order valence-corrected chi connectivity index (χ4v) is 2.44. The lowest BCUT2D eigenvalue weighted by atomic mass is 10.0. The lowest BCUT2D eigenvalue weighted by Crippen LogP contribution is -2.35. The van der Waals surface area contributed by atoms with Crippen molar-refractivity contribution in [3.8, 4) is 11.1 Å². The van der Waals surface area contributed by atoms with E-state index in [0.717, 1.165) is 21.9 Å². The Bertz CT molecular complexity index is 756. The van der Waals surface area contributed by atoms with Crippen LogP contribution < -0.4 is 4.57 Å². The zero-order valence-corrected chi connectivity index (χ0v) is 11.4. The summed E-state index contributed by atoms with van der Waals surface area (Å²) in [6, 6.07) is 14.5. The maximum Gasteiger partial charge on any atom is 0.177 e. The molecule has 0 atom stereocenters. The van der Waals surface area contributed by atoms with Crippen molar-refractivity contribution in [1.82, 2.24) is 0 Å². The smallest absolute Gasteiger partial charge is 0.177 e. The maximum atomic E-state index is 13.1. The van der Waals surface area contributed by atoms with Gasteiger partial charge in [-0.15, -0.1) is 0 Å². The summed E-state index contributed by atoms with van der Waals surface area (Å²) in [5.74, 6) is -0.249. The van der Waals surface area contributed by atoms with Gasteiger partial charge in [0.15, 0.2) is 18.9 Å². The van der Waals surface area contributed by atoms with E-state index in [4.69, 9.17) is 5.26 Å². The summed E-state index contributed by atoms with van der Waals surface area (Å²) in [5, 5.41) is 10.7. The number of pyridine rings is 1. The minimum atomic E-state index is -0.249. The van der Waals surface area contributed by atoms with Crippen molar-refractivity contribution in [2.75, 3.05) is 6.61 Å². The van der Waals surface area contributed by atoms with Crippen molar-refractivity contribution >= 4 is 10.8 Å². The van der Waals surface area contributed by atoms with E-state index in [1.54, 1.807) is 12.1 Å². The molecule has 0 amide bonds. The molecule has 4 heteroatoms. The number of fused-ring (bicyclic) bond motifs is 1. The summed E-state index contributed by atoms with van der Waals surface area (Å²) < 4.78 is 15.1. The number of benzene rings is 2. The van der Waals surface area contributed by atoms with E-state index in [0.29, 0.717) is 6.54 Å². The Labute approximate surface area is 121 Å². The van der Waals surface area contributed by atoms with Gasteiger partial charge in [0.1, 0.15) is 12.4 Å². The molecule has 0 fully saturated rings. The Hall–Kier alpha value is -2.30. The number of rotatable bonds is 4. The highest BCUT2D eigenvalue weighted by molar-refractivity contribution is 5.94. The largest absolute Gasteiger partial charge is 0.252 e. The molecule has 0 aliphatic heterocycles. The van der Waals surface area contributed by atoms with Crippen molar-refractivity contribution in [2.24, 2.45) is 0 Å². The first-order chi connectivity index (χ1) is 10.3. The van der Waals surface area contributed by atoms with Gasteiger partial charge in [-0.25, -0.2) is 13.8 Å². The monoisotopic (exact) mass is 284 g/mol. The summed E-state index contributed by atoms with van der Waals surface area (Å²) in [7, 11) is 0. The summed E-state index contributed by atoms with van der Waals surface area (Å²) >= 11 is 0. The van der Waals surface area contributed by atoms with E-state index >= 15 is 0 Å². The molecular weight excluding hydrogens is 269 g/mol. The van der Waals surface area contributed by atoms with Gasteiger partial charge in [0, 0.05) is 10.8 Å². The van der Waals surface area contributed by atoms with E-state index in [1.165, 1.54) is 12.1 Å². The van der Waals surface area contributed by atoms with Crippen LogP contribution in [0.1, 0.15) is 0 Å². The lowest BCUT2D eigenvalue weighted by molar-refractivity contribution is -0.699. The van der Waals surface area contributed by atoms with Crippen LogP contribution in [0.25, 0.3) is 21.9 Å². The van der Waals surface area contributed by atoms with E-state index in [1.807, 2.05) is 41.2 Å². The van der Waals surface area contributed by atoms with Crippen molar-refractivity contribution in [2.45, 2.75) is 6.54 Å². The van der Waals surface area contributed by atoms with E-state index in [-0.39, 0.29) is 12.4 Å². The third-order valence-corrected chi connectivity index (χ3v) is 3.45. The summed E-state index contributed by atoms with van der Waals surface area (Å²) in [6.45, 7) is 0.751. The first kappa shape index (κ1) is 13.7. The van der Waals surface area contributed by atoms with Crippen LogP contribution in [0.15, 0.2) is 60.9 Å². The molecule has 0 saturated carbocycles. The number of hydrogen-bond acceptors (Lipinski definition) is 2. The second kappa shape index (κ2) is 5.99. The molecule has 3 nitrogen and oxygen atoms in total. The Kier molecular flexibility index (Phi) is 3.90. The van der Waals surface area contributed by atoms with E-state index < -0.39 is 0 Å². The van der Waals surface area contributed by atoms with Crippen LogP contribution in [0.2, 0.25) is 0 Å². The van der Waals surface area contributed by atoms with Crippen molar-refractivity contribution in [1.29, 1.82) is 0 Å². The third kappa shape index (κ3) is 2.91. The van der Waals surface area contributed by atoms with Gasteiger partial charge in [0.05, 0.1) is 5.56 Å². The maximum absolute atomic E-state index is 13.1. The Morgan fingerprint density at radius 3 is 2.52 bits per heavy atom. The fourth-order valence-electron chi connectivity index (χ4n) is 2.44. The van der Waals surface area contributed by atoms with E-state index in [2.05, 4.69) is 4.89 Å². The van der Waals surface area contributed by atoms with Crippen LogP contribution in [-0.4, -0.2) is 11.9 Å². The molecule has 0 saturated heterocycles. The van der Waals surface area contributed by atoms with Gasteiger partial charge in [-0.3, -0.25) is 5.26 Å². The Morgan fingerprint density at radius 2 is 1.76 bits per heavy atom. The van der Waals surface area contributed by atoms with Crippen molar-refractivity contribution < 1.29 is 19.1 Å². The molecule has 0 radical (unpaired) electrons. The van der Waals surface area contributed by atoms with Gasteiger partial charge in [-0.2, -0.15) is 0 Å². The normalized spacial score (nSPS) is 11.0. The highest BCUT2D eigenvalue weighted by Crippen LogP contribution is 2.27. The fraction of sp³-hybridized carbons (Fsp3) is 0.118. The number of nitrogens with zero attached hydrogens (tertiary/aromatic N) is 1. The molecule has 0 unspecified atom stereocenters. The second-order valence-corrected chi connectivity index (χ2v) is 4.84. The minimum absolute atomic E-state index is 0.214. The number of halogens is 1. The predicted octanol–water partition coefficient (Wildman–Crippen LogP) is 3.42. The molecule has 1 heterocycles. The van der Waals surface area contributed by atoms with Crippen LogP contribution in [0.5, 0.6) is 0 Å². The second-order valence-electron chi connectivity index (χ2n) is 4.84. The highest BCUT2D eigenvalue weighted by atomic mass is 19.1. The molecule has 2 aromatic carbocycles. The molecule has 0 aliphatic rings. The standard InChI is InChI=1S/C17H14FNO2/c18-15-7-5-13(6-8-15)17-12-19(9-10-21-20)11-14-3-1-2-4-16(14)17/h1-8,11-12H,9-10H2/p+1. The van der Waals surface area contributed by atoms with Gasteiger partial charge in [-0.05, 0) is 23.8 Å². The topological polar surface area (TPSA) is 33.3 Å². The quantitative estimate of drug-likeness (QED) is 0.452. The zero-order chi connectivity index (χ0) is 14.7. The lowest BCUT2D eigenvalue weighted by Gasteiger charge is -2.06. The average Bonchev–Trinajstić information content (AvgIpc) is 2.53. The highest BCUT2D eigenvalue weighted by Gasteiger charge is 2.11. The van der Waals surface area contributed by atoms with Crippen LogP contribution >= 0.6 is 0 Å². The third-order valence-electron chi connectivity index (χ3n) is 3.45. The molecule has 0 spiro atoms. The van der Waals surface area contributed by atoms with Crippen LogP contribution in [0.3, 0.4) is 0 Å². The van der Waals surface area contributed by atoms with Gasteiger partial charge < -0.3 is 0 Å². The molecule has 106 valence electrons. The summed E-state index contributed by atoms with van der Waals surface area (Å²) in [6.07, 6.45) is 3.98. The molecule has 3 rings (SSSR count). The van der Waals surface area contributed by atoms with Crippen LogP contribution in [-0.2, 0) is 11.4 Å². The van der Waals surface area contributed by atoms with Crippen molar-refractivity contribution in [3.63, 3.8) is 0 Å². The van der Waals surface area contributed by atoms with Gasteiger partial charge >= 0.3 is 0 Å². The average molecular weight is 284 g/mol. The molecule has 3 aromatic rings. The number of hydrogen-bond donors (Lipinski definition) is 1. The number of aromatic nitrogens is 1. The molecule has 0 aliphatic carbocycles. The molecule has 1 N–H and O–H groups in total. The van der Waals surface area contributed by atoms with Gasteiger partial charge in [0.25, 0.3) is 0 Å². The zero-order valence-electron chi connectivity index (χ0n) is 11.4.